The van der Waals surface area contributed by atoms with Crippen molar-refractivity contribution < 1.29 is 13.2 Å². The highest BCUT2D eigenvalue weighted by Crippen LogP contribution is 2.40. The molecule has 6 nitrogen and oxygen atoms in total. The highest BCUT2D eigenvalue weighted by atomic mass is 32.1. The van der Waals surface area contributed by atoms with Crippen LogP contribution in [0.1, 0.15) is 30.1 Å². The Hall–Kier alpha value is -2.49. The first-order valence-electron chi connectivity index (χ1n) is 7.94. The number of pyridine rings is 1. The van der Waals surface area contributed by atoms with E-state index in [0.29, 0.717) is 11.3 Å². The number of hydrogen-bond acceptors (Lipinski definition) is 4. The number of fused-ring (bicyclic) bond motifs is 1. The third-order valence-corrected chi connectivity index (χ3v) is 4.92. The van der Waals surface area contributed by atoms with Crippen LogP contribution in [-0.2, 0) is 13.2 Å². The fourth-order valence-electron chi connectivity index (χ4n) is 3.03. The number of aromatic amines is 1. The van der Waals surface area contributed by atoms with E-state index in [1.807, 2.05) is 0 Å². The predicted molar refractivity (Wildman–Crippen MR) is 91.4 cm³/mol. The van der Waals surface area contributed by atoms with Crippen molar-refractivity contribution in [2.75, 3.05) is 0 Å². The lowest BCUT2D eigenvalue weighted by atomic mass is 10.1. The highest BCUT2D eigenvalue weighted by Gasteiger charge is 2.37. The Labute approximate surface area is 150 Å². The molecule has 0 unspecified atom stereocenters. The third-order valence-electron chi connectivity index (χ3n) is 4.62. The second-order valence-electron chi connectivity index (χ2n) is 6.38. The first-order valence-corrected chi connectivity index (χ1v) is 8.35. The molecule has 10 heteroatoms. The maximum atomic E-state index is 13.7. The average Bonchev–Trinajstić information content (AvgIpc) is 3.32. The zero-order valence-electron chi connectivity index (χ0n) is 13.9. The average molecular weight is 381 g/mol. The number of rotatable bonds is 2. The molecule has 1 N–H and O–H groups in total. The Morgan fingerprint density at radius 1 is 1.35 bits per heavy atom. The molecule has 0 spiro atoms. The van der Waals surface area contributed by atoms with Crippen LogP contribution in [0.3, 0.4) is 0 Å². The van der Waals surface area contributed by atoms with Crippen molar-refractivity contribution in [3.63, 3.8) is 0 Å². The van der Waals surface area contributed by atoms with E-state index in [4.69, 9.17) is 12.2 Å². The standard InChI is InChI=1S/C16H14F3N5OS/c1-7-9(6-20-23(7)2)11-5-10(16(17,18)19)12-13(21-11)24(8-3-4-8)15(26)22-14(12)25/h5-6,8H,3-4H2,1-2H3,(H,22,25,26). The molecule has 0 aromatic carbocycles. The normalized spacial score (nSPS) is 15.0. The molecule has 4 rings (SSSR count). The minimum Gasteiger partial charge on any atom is -0.299 e. The molecular formula is C16H14F3N5OS. The third kappa shape index (κ3) is 2.56. The van der Waals surface area contributed by atoms with E-state index in [2.05, 4.69) is 15.1 Å². The van der Waals surface area contributed by atoms with Gasteiger partial charge in [-0.05, 0) is 38.0 Å². The van der Waals surface area contributed by atoms with Gasteiger partial charge in [0, 0.05) is 24.3 Å². The molecule has 0 radical (unpaired) electrons. The number of nitrogens with zero attached hydrogens (tertiary/aromatic N) is 4. The first kappa shape index (κ1) is 17.0. The van der Waals surface area contributed by atoms with Crippen molar-refractivity contribution in [1.82, 2.24) is 24.3 Å². The van der Waals surface area contributed by atoms with Crippen LogP contribution >= 0.6 is 12.2 Å². The maximum absolute atomic E-state index is 13.7. The van der Waals surface area contributed by atoms with Crippen molar-refractivity contribution >= 4 is 23.3 Å². The van der Waals surface area contributed by atoms with Crippen LogP contribution in [0, 0.1) is 11.7 Å². The lowest BCUT2D eigenvalue weighted by Gasteiger charge is -2.15. The topological polar surface area (TPSA) is 68.5 Å². The van der Waals surface area contributed by atoms with Gasteiger partial charge in [0.1, 0.15) is 5.65 Å². The summed E-state index contributed by atoms with van der Waals surface area (Å²) in [5, 5.41) is 3.59. The number of hydrogen-bond donors (Lipinski definition) is 1. The maximum Gasteiger partial charge on any atom is 0.417 e. The van der Waals surface area contributed by atoms with Gasteiger partial charge in [0.05, 0.1) is 22.8 Å². The van der Waals surface area contributed by atoms with Crippen molar-refractivity contribution in [3.05, 3.63) is 38.6 Å². The summed E-state index contributed by atoms with van der Waals surface area (Å²) in [6.07, 6.45) is -1.67. The van der Waals surface area contributed by atoms with E-state index in [-0.39, 0.29) is 22.2 Å². The SMILES string of the molecule is Cc1c(-c2cc(C(F)(F)F)c3c(=O)[nH]c(=S)n(C4CC4)c3n2)cnn1C. The largest absolute Gasteiger partial charge is 0.417 e. The molecule has 1 aliphatic carbocycles. The molecule has 26 heavy (non-hydrogen) atoms. The van der Waals surface area contributed by atoms with Crippen LogP contribution in [0.15, 0.2) is 17.1 Å². The van der Waals surface area contributed by atoms with Gasteiger partial charge in [0.15, 0.2) is 4.77 Å². The quantitative estimate of drug-likeness (QED) is 0.690. The summed E-state index contributed by atoms with van der Waals surface area (Å²) in [7, 11) is 1.70. The lowest BCUT2D eigenvalue weighted by molar-refractivity contribution is -0.136. The number of halogens is 3. The molecule has 0 atom stereocenters. The highest BCUT2D eigenvalue weighted by molar-refractivity contribution is 7.71. The van der Waals surface area contributed by atoms with Gasteiger partial charge in [-0.2, -0.15) is 18.3 Å². The van der Waals surface area contributed by atoms with Gasteiger partial charge < -0.3 is 0 Å². The Balaban J connectivity index is 2.17. The fraction of sp³-hybridized carbons (Fsp3) is 0.375. The molecule has 3 heterocycles. The van der Waals surface area contributed by atoms with E-state index in [0.717, 1.165) is 18.9 Å². The second-order valence-corrected chi connectivity index (χ2v) is 6.77. The van der Waals surface area contributed by atoms with Crippen LogP contribution < -0.4 is 5.56 Å². The Morgan fingerprint density at radius 2 is 2.04 bits per heavy atom. The van der Waals surface area contributed by atoms with Crippen molar-refractivity contribution in [1.29, 1.82) is 0 Å². The zero-order valence-corrected chi connectivity index (χ0v) is 14.7. The smallest absolute Gasteiger partial charge is 0.299 e. The summed E-state index contributed by atoms with van der Waals surface area (Å²) in [6, 6.07) is 0.864. The van der Waals surface area contributed by atoms with Crippen LogP contribution in [0.5, 0.6) is 0 Å². The molecule has 1 saturated carbocycles. The fourth-order valence-corrected chi connectivity index (χ4v) is 3.36. The van der Waals surface area contributed by atoms with E-state index in [1.54, 1.807) is 18.7 Å². The second kappa shape index (κ2) is 5.50. The first-order chi connectivity index (χ1) is 12.2. The van der Waals surface area contributed by atoms with E-state index >= 15 is 0 Å². The number of alkyl halides is 3. The molecule has 0 bridgehead atoms. The van der Waals surface area contributed by atoms with E-state index < -0.39 is 22.7 Å². The number of aromatic nitrogens is 5. The van der Waals surface area contributed by atoms with Gasteiger partial charge in [-0.15, -0.1) is 0 Å². The summed E-state index contributed by atoms with van der Waals surface area (Å²) < 4.78 is 44.3. The van der Waals surface area contributed by atoms with Crippen LogP contribution in [0.25, 0.3) is 22.3 Å². The molecule has 136 valence electrons. The summed E-state index contributed by atoms with van der Waals surface area (Å²) >= 11 is 5.18. The van der Waals surface area contributed by atoms with Gasteiger partial charge in [-0.3, -0.25) is 19.0 Å². The molecule has 1 fully saturated rings. The predicted octanol–water partition coefficient (Wildman–Crippen LogP) is 3.52. The Kier molecular flexibility index (Phi) is 3.59. The molecular weight excluding hydrogens is 367 g/mol. The summed E-state index contributed by atoms with van der Waals surface area (Å²) in [6.45, 7) is 1.74. The lowest BCUT2D eigenvalue weighted by Crippen LogP contribution is -2.20. The van der Waals surface area contributed by atoms with Crippen LogP contribution in [0.2, 0.25) is 0 Å². The van der Waals surface area contributed by atoms with Gasteiger partial charge >= 0.3 is 6.18 Å². The molecule has 0 saturated heterocycles. The van der Waals surface area contributed by atoms with Crippen LogP contribution in [0.4, 0.5) is 13.2 Å². The number of aryl methyl sites for hydroxylation is 1. The molecule has 0 aliphatic heterocycles. The van der Waals surface area contributed by atoms with Crippen molar-refractivity contribution in [3.8, 4) is 11.3 Å². The molecule has 3 aromatic rings. The molecule has 1 aliphatic rings. The molecule has 0 amide bonds. The molecule has 3 aromatic heterocycles. The zero-order chi connectivity index (χ0) is 18.8. The van der Waals surface area contributed by atoms with Gasteiger partial charge in [0.2, 0.25) is 0 Å². The summed E-state index contributed by atoms with van der Waals surface area (Å²) in [5.74, 6) is 0. The Bertz CT molecular complexity index is 1150. The van der Waals surface area contributed by atoms with Gasteiger partial charge in [-0.25, -0.2) is 4.98 Å². The van der Waals surface area contributed by atoms with Crippen LogP contribution in [-0.4, -0.2) is 24.3 Å². The number of nitrogens with one attached hydrogen (secondary N) is 1. The van der Waals surface area contributed by atoms with Crippen molar-refractivity contribution in [2.24, 2.45) is 7.05 Å². The minimum absolute atomic E-state index is 0.0330. The minimum atomic E-state index is -4.70. The Morgan fingerprint density at radius 3 is 2.58 bits per heavy atom. The number of H-pyrrole nitrogens is 1. The monoisotopic (exact) mass is 381 g/mol. The van der Waals surface area contributed by atoms with Gasteiger partial charge in [-0.1, -0.05) is 0 Å². The van der Waals surface area contributed by atoms with E-state index in [9.17, 15) is 18.0 Å². The van der Waals surface area contributed by atoms with Gasteiger partial charge in [0.25, 0.3) is 5.56 Å². The van der Waals surface area contributed by atoms with Crippen molar-refractivity contribution in [2.45, 2.75) is 32.0 Å². The van der Waals surface area contributed by atoms with E-state index in [1.165, 1.54) is 10.8 Å². The summed E-state index contributed by atoms with van der Waals surface area (Å²) in [5.41, 5.74) is -0.665. The summed E-state index contributed by atoms with van der Waals surface area (Å²) in [4.78, 5) is 19.0.